The van der Waals surface area contributed by atoms with Crippen LogP contribution in [-0.2, 0) is 10.3 Å². The Labute approximate surface area is 129 Å². The third-order valence-corrected chi connectivity index (χ3v) is 4.67. The summed E-state index contributed by atoms with van der Waals surface area (Å²) >= 11 is 0. The Morgan fingerprint density at radius 3 is 2.76 bits per heavy atom. The van der Waals surface area contributed by atoms with Gasteiger partial charge in [0.25, 0.3) is 0 Å². The van der Waals surface area contributed by atoms with Crippen molar-refractivity contribution < 1.29 is 4.74 Å². The van der Waals surface area contributed by atoms with Crippen LogP contribution >= 0.6 is 0 Å². The molecule has 0 aromatic heterocycles. The van der Waals surface area contributed by atoms with Crippen LogP contribution in [-0.4, -0.2) is 44.3 Å². The zero-order valence-corrected chi connectivity index (χ0v) is 13.8. The fraction of sp³-hybridized carbons (Fsp3) is 0.667. The van der Waals surface area contributed by atoms with Crippen molar-refractivity contribution in [1.82, 2.24) is 10.2 Å². The molecule has 0 radical (unpaired) electrons. The minimum Gasteiger partial charge on any atom is -0.385 e. The molecule has 1 aromatic rings. The van der Waals surface area contributed by atoms with Gasteiger partial charge < -0.3 is 10.1 Å². The van der Waals surface area contributed by atoms with Gasteiger partial charge in [0, 0.05) is 26.3 Å². The van der Waals surface area contributed by atoms with Crippen LogP contribution in [0.4, 0.5) is 0 Å². The third kappa shape index (κ3) is 4.53. The lowest BCUT2D eigenvalue weighted by molar-refractivity contribution is 0.154. The van der Waals surface area contributed by atoms with Crippen molar-refractivity contribution in [3.63, 3.8) is 0 Å². The summed E-state index contributed by atoms with van der Waals surface area (Å²) in [6, 6.07) is 11.5. The number of nitrogens with one attached hydrogen (secondary N) is 1. The molecule has 1 aromatic carbocycles. The highest BCUT2D eigenvalue weighted by molar-refractivity contribution is 5.24. The zero-order chi connectivity index (χ0) is 15.1. The summed E-state index contributed by atoms with van der Waals surface area (Å²) in [5.41, 5.74) is 1.44. The summed E-state index contributed by atoms with van der Waals surface area (Å²) in [5, 5.41) is 3.77. The second-order valence-electron chi connectivity index (χ2n) is 6.43. The molecule has 2 atom stereocenters. The SMILES string of the molecule is COCCCCN1CC(C)(c2ccccc2)NCCC1C. The smallest absolute Gasteiger partial charge is 0.0535 e. The van der Waals surface area contributed by atoms with Gasteiger partial charge >= 0.3 is 0 Å². The number of benzene rings is 1. The largest absolute Gasteiger partial charge is 0.385 e. The Balaban J connectivity index is 2.03. The Bertz CT molecular complexity index is 409. The molecule has 0 amide bonds. The maximum Gasteiger partial charge on any atom is 0.0535 e. The van der Waals surface area contributed by atoms with E-state index >= 15 is 0 Å². The van der Waals surface area contributed by atoms with Gasteiger partial charge in [0.1, 0.15) is 0 Å². The molecule has 2 unspecified atom stereocenters. The van der Waals surface area contributed by atoms with Gasteiger partial charge in [-0.25, -0.2) is 0 Å². The molecule has 0 saturated carbocycles. The molecule has 0 spiro atoms. The Morgan fingerprint density at radius 1 is 1.29 bits per heavy atom. The van der Waals surface area contributed by atoms with Gasteiger partial charge in [-0.05, 0) is 51.8 Å². The summed E-state index contributed by atoms with van der Waals surface area (Å²) in [7, 11) is 1.78. The molecular weight excluding hydrogens is 260 g/mol. The Hall–Kier alpha value is -0.900. The minimum absolute atomic E-state index is 0.0489. The molecule has 118 valence electrons. The first-order chi connectivity index (χ1) is 10.2. The lowest BCUT2D eigenvalue weighted by atomic mass is 9.91. The number of unbranched alkanes of at least 4 members (excludes halogenated alkanes) is 1. The normalized spacial score (nSPS) is 27.5. The van der Waals surface area contributed by atoms with Crippen molar-refractivity contribution in [2.75, 3.05) is 33.4 Å². The van der Waals surface area contributed by atoms with Crippen LogP contribution in [0.3, 0.4) is 0 Å². The van der Waals surface area contributed by atoms with Crippen LogP contribution in [0.25, 0.3) is 0 Å². The average molecular weight is 290 g/mol. The highest BCUT2D eigenvalue weighted by Crippen LogP contribution is 2.26. The van der Waals surface area contributed by atoms with E-state index in [1.54, 1.807) is 7.11 Å². The van der Waals surface area contributed by atoms with Crippen LogP contribution in [0, 0.1) is 0 Å². The van der Waals surface area contributed by atoms with Crippen LogP contribution < -0.4 is 5.32 Å². The topological polar surface area (TPSA) is 24.5 Å². The number of rotatable bonds is 6. The molecule has 1 aliphatic heterocycles. The molecule has 1 aliphatic rings. The zero-order valence-electron chi connectivity index (χ0n) is 13.8. The van der Waals surface area contributed by atoms with E-state index < -0.39 is 0 Å². The van der Waals surface area contributed by atoms with Crippen LogP contribution in [0.2, 0.25) is 0 Å². The molecule has 0 aliphatic carbocycles. The monoisotopic (exact) mass is 290 g/mol. The van der Waals surface area contributed by atoms with Crippen molar-refractivity contribution in [2.24, 2.45) is 0 Å². The predicted molar refractivity (Wildman–Crippen MR) is 88.6 cm³/mol. The van der Waals surface area contributed by atoms with E-state index in [-0.39, 0.29) is 5.54 Å². The molecular formula is C18H30N2O. The molecule has 21 heavy (non-hydrogen) atoms. The molecule has 0 bridgehead atoms. The van der Waals surface area contributed by atoms with Gasteiger partial charge in [0.15, 0.2) is 0 Å². The van der Waals surface area contributed by atoms with E-state index in [9.17, 15) is 0 Å². The predicted octanol–water partition coefficient (Wildman–Crippen LogP) is 3.01. The molecule has 3 heteroatoms. The van der Waals surface area contributed by atoms with Gasteiger partial charge in [0.2, 0.25) is 0 Å². The van der Waals surface area contributed by atoms with E-state index in [0.29, 0.717) is 6.04 Å². The fourth-order valence-electron chi connectivity index (χ4n) is 3.22. The van der Waals surface area contributed by atoms with Crippen molar-refractivity contribution in [3.05, 3.63) is 35.9 Å². The van der Waals surface area contributed by atoms with E-state index in [0.717, 1.165) is 32.7 Å². The van der Waals surface area contributed by atoms with Crippen LogP contribution in [0.15, 0.2) is 30.3 Å². The molecule has 1 heterocycles. The first kappa shape index (κ1) is 16.5. The second kappa shape index (κ2) is 7.92. The maximum atomic E-state index is 5.16. The molecule has 1 N–H and O–H groups in total. The Kier molecular flexibility index (Phi) is 6.22. The first-order valence-corrected chi connectivity index (χ1v) is 8.19. The summed E-state index contributed by atoms with van der Waals surface area (Å²) in [5.74, 6) is 0. The summed E-state index contributed by atoms with van der Waals surface area (Å²) in [4.78, 5) is 2.64. The average Bonchev–Trinajstić information content (AvgIpc) is 2.65. The second-order valence-corrected chi connectivity index (χ2v) is 6.43. The van der Waals surface area contributed by atoms with E-state index in [1.165, 1.54) is 18.4 Å². The number of nitrogens with zero attached hydrogens (tertiary/aromatic N) is 1. The van der Waals surface area contributed by atoms with Gasteiger partial charge in [-0.1, -0.05) is 30.3 Å². The van der Waals surface area contributed by atoms with Crippen molar-refractivity contribution in [2.45, 2.75) is 44.7 Å². The van der Waals surface area contributed by atoms with Crippen molar-refractivity contribution in [1.29, 1.82) is 0 Å². The minimum atomic E-state index is 0.0489. The van der Waals surface area contributed by atoms with Crippen molar-refractivity contribution in [3.8, 4) is 0 Å². The van der Waals surface area contributed by atoms with Gasteiger partial charge in [-0.3, -0.25) is 4.90 Å². The summed E-state index contributed by atoms with van der Waals surface area (Å²) in [6.07, 6.45) is 3.57. The number of ether oxygens (including phenoxy) is 1. The first-order valence-electron chi connectivity index (χ1n) is 8.19. The van der Waals surface area contributed by atoms with E-state index in [4.69, 9.17) is 4.74 Å². The fourth-order valence-corrected chi connectivity index (χ4v) is 3.22. The maximum absolute atomic E-state index is 5.16. The molecule has 1 fully saturated rings. The number of hydrogen-bond acceptors (Lipinski definition) is 3. The van der Waals surface area contributed by atoms with Gasteiger partial charge in [-0.15, -0.1) is 0 Å². The van der Waals surface area contributed by atoms with E-state index in [1.807, 2.05) is 0 Å². The quantitative estimate of drug-likeness (QED) is 0.815. The Morgan fingerprint density at radius 2 is 2.05 bits per heavy atom. The highest BCUT2D eigenvalue weighted by atomic mass is 16.5. The van der Waals surface area contributed by atoms with Crippen LogP contribution in [0.5, 0.6) is 0 Å². The van der Waals surface area contributed by atoms with Gasteiger partial charge in [0.05, 0.1) is 5.54 Å². The molecule has 2 rings (SSSR count). The summed E-state index contributed by atoms with van der Waals surface area (Å²) < 4.78 is 5.16. The molecule has 3 nitrogen and oxygen atoms in total. The number of hydrogen-bond donors (Lipinski definition) is 1. The van der Waals surface area contributed by atoms with E-state index in [2.05, 4.69) is 54.4 Å². The lowest BCUT2D eigenvalue weighted by Gasteiger charge is -2.36. The number of methoxy groups -OCH3 is 1. The standard InChI is InChI=1S/C18H30N2O/c1-16-11-12-19-18(2,17-9-5-4-6-10-17)15-20(16)13-7-8-14-21-3/h4-6,9-10,16,19H,7-8,11-15H2,1-3H3. The van der Waals surface area contributed by atoms with Crippen LogP contribution in [0.1, 0.15) is 38.7 Å². The summed E-state index contributed by atoms with van der Waals surface area (Å²) in [6.45, 7) is 8.88. The third-order valence-electron chi connectivity index (χ3n) is 4.67. The van der Waals surface area contributed by atoms with Gasteiger partial charge in [-0.2, -0.15) is 0 Å². The lowest BCUT2D eigenvalue weighted by Crippen LogP contribution is -2.47. The highest BCUT2D eigenvalue weighted by Gasteiger charge is 2.32. The molecule has 1 saturated heterocycles. The van der Waals surface area contributed by atoms with Crippen molar-refractivity contribution >= 4 is 0 Å².